The largest absolute Gasteiger partial charge is 0.396 e. The van der Waals surface area contributed by atoms with E-state index >= 15 is 0 Å². The average molecular weight is 292 g/mol. The van der Waals surface area contributed by atoms with E-state index in [9.17, 15) is 17.2 Å². The third kappa shape index (κ3) is 2.43. The van der Waals surface area contributed by atoms with Gasteiger partial charge in [0.05, 0.1) is 12.3 Å². The number of aliphatic hydroxyl groups is 1. The maximum absolute atomic E-state index is 13.6. The van der Waals surface area contributed by atoms with Crippen molar-refractivity contribution in [3.05, 3.63) is 23.8 Å². The van der Waals surface area contributed by atoms with Crippen molar-refractivity contribution in [2.75, 3.05) is 18.9 Å². The molecule has 1 saturated heterocycles. The summed E-state index contributed by atoms with van der Waals surface area (Å²) in [6.07, 6.45) is 1.09. The highest BCUT2D eigenvalue weighted by Crippen LogP contribution is 2.29. The van der Waals surface area contributed by atoms with Gasteiger partial charge in [0.15, 0.2) is 0 Å². The zero-order chi connectivity index (χ0) is 14.2. The van der Waals surface area contributed by atoms with Gasteiger partial charge in [-0.15, -0.1) is 0 Å². The number of anilines is 1. The highest BCUT2D eigenvalue weighted by atomic mass is 32.2. The maximum Gasteiger partial charge on any atom is 0.246 e. The molecule has 106 valence electrons. The van der Waals surface area contributed by atoms with E-state index < -0.39 is 38.3 Å². The summed E-state index contributed by atoms with van der Waals surface area (Å²) in [5.41, 5.74) is 4.85. The minimum Gasteiger partial charge on any atom is -0.396 e. The molecule has 5 nitrogen and oxygen atoms in total. The molecule has 1 aromatic rings. The minimum absolute atomic E-state index is 0.199. The van der Waals surface area contributed by atoms with Crippen LogP contribution in [0.5, 0.6) is 0 Å². The molecule has 2 rings (SSSR count). The smallest absolute Gasteiger partial charge is 0.246 e. The molecule has 1 aromatic carbocycles. The number of sulfonamides is 1. The van der Waals surface area contributed by atoms with Gasteiger partial charge >= 0.3 is 0 Å². The summed E-state index contributed by atoms with van der Waals surface area (Å²) in [6.45, 7) is -0.137. The number of hydrogen-bond acceptors (Lipinski definition) is 4. The number of aliphatic hydroxyl groups excluding tert-OH is 1. The summed E-state index contributed by atoms with van der Waals surface area (Å²) < 4.78 is 52.3. The molecule has 0 unspecified atom stereocenters. The first-order valence-corrected chi connectivity index (χ1v) is 7.19. The van der Waals surface area contributed by atoms with Crippen molar-refractivity contribution in [3.8, 4) is 0 Å². The van der Waals surface area contributed by atoms with Gasteiger partial charge in [0.1, 0.15) is 16.5 Å². The molecule has 1 aliphatic heterocycles. The molecule has 0 amide bonds. The second-order valence-corrected chi connectivity index (χ2v) is 6.26. The summed E-state index contributed by atoms with van der Waals surface area (Å²) >= 11 is 0. The zero-order valence-corrected chi connectivity index (χ0v) is 10.8. The number of nitrogen functional groups attached to an aromatic ring is 1. The standard InChI is InChI=1S/C11H14F2N2O3S/c12-8-4-9(13)11(5-10(8)14)19(17,18)15-3-1-2-7(15)6-16/h4-5,7,16H,1-3,6,14H2/t7-/m1/s1. The number of benzene rings is 1. The Morgan fingerprint density at radius 2 is 2.05 bits per heavy atom. The second-order valence-electron chi connectivity index (χ2n) is 4.40. The molecule has 1 fully saturated rings. The van der Waals surface area contributed by atoms with Crippen molar-refractivity contribution >= 4 is 15.7 Å². The Morgan fingerprint density at radius 1 is 1.37 bits per heavy atom. The lowest BCUT2D eigenvalue weighted by molar-refractivity contribution is 0.213. The molecule has 0 aromatic heterocycles. The van der Waals surface area contributed by atoms with Crippen LogP contribution in [0.4, 0.5) is 14.5 Å². The maximum atomic E-state index is 13.6. The molecule has 0 radical (unpaired) electrons. The van der Waals surface area contributed by atoms with E-state index in [1.165, 1.54) is 0 Å². The Kier molecular flexibility index (Phi) is 3.75. The molecule has 0 saturated carbocycles. The monoisotopic (exact) mass is 292 g/mol. The first-order valence-electron chi connectivity index (χ1n) is 5.75. The van der Waals surface area contributed by atoms with E-state index in [4.69, 9.17) is 10.8 Å². The number of halogens is 2. The van der Waals surface area contributed by atoms with Gasteiger partial charge < -0.3 is 10.8 Å². The van der Waals surface area contributed by atoms with E-state index in [2.05, 4.69) is 0 Å². The topological polar surface area (TPSA) is 83.6 Å². The molecule has 0 spiro atoms. The van der Waals surface area contributed by atoms with E-state index in [0.717, 1.165) is 10.4 Å². The van der Waals surface area contributed by atoms with Crippen LogP contribution in [0.3, 0.4) is 0 Å². The molecule has 3 N–H and O–H groups in total. The summed E-state index contributed by atoms with van der Waals surface area (Å²) in [4.78, 5) is -0.660. The van der Waals surface area contributed by atoms with Crippen molar-refractivity contribution in [2.45, 2.75) is 23.8 Å². The molecule has 0 bridgehead atoms. The van der Waals surface area contributed by atoms with E-state index in [-0.39, 0.29) is 13.2 Å². The van der Waals surface area contributed by atoms with Gasteiger partial charge in [-0.2, -0.15) is 4.31 Å². The lowest BCUT2D eigenvalue weighted by atomic mass is 10.2. The number of nitrogens with zero attached hydrogens (tertiary/aromatic N) is 1. The third-order valence-electron chi connectivity index (χ3n) is 3.17. The predicted molar refractivity (Wildman–Crippen MR) is 64.8 cm³/mol. The summed E-state index contributed by atoms with van der Waals surface area (Å²) in [6, 6.07) is 0.648. The lowest BCUT2D eigenvalue weighted by Gasteiger charge is -2.22. The van der Waals surface area contributed by atoms with Gasteiger partial charge in [-0.3, -0.25) is 0 Å². The molecule has 1 heterocycles. The van der Waals surface area contributed by atoms with Crippen LogP contribution in [0.15, 0.2) is 17.0 Å². The van der Waals surface area contributed by atoms with Crippen LogP contribution >= 0.6 is 0 Å². The summed E-state index contributed by atoms with van der Waals surface area (Å²) in [5, 5.41) is 9.13. The van der Waals surface area contributed by atoms with Crippen LogP contribution in [0.1, 0.15) is 12.8 Å². The molecule has 1 aliphatic rings. The number of nitrogens with two attached hydrogens (primary N) is 1. The van der Waals surface area contributed by atoms with Crippen LogP contribution in [-0.2, 0) is 10.0 Å². The Bertz CT molecular complexity index is 592. The quantitative estimate of drug-likeness (QED) is 0.803. The highest BCUT2D eigenvalue weighted by Gasteiger charge is 2.36. The van der Waals surface area contributed by atoms with Gasteiger partial charge in [-0.1, -0.05) is 0 Å². The fourth-order valence-electron chi connectivity index (χ4n) is 2.18. The molecule has 8 heteroatoms. The second kappa shape index (κ2) is 5.03. The van der Waals surface area contributed by atoms with Crippen molar-refractivity contribution in [2.24, 2.45) is 0 Å². The molecule has 1 atom stereocenters. The normalized spacial score (nSPS) is 20.9. The Balaban J connectivity index is 2.48. The van der Waals surface area contributed by atoms with Crippen LogP contribution in [0, 0.1) is 11.6 Å². The molecule has 19 heavy (non-hydrogen) atoms. The Hall–Kier alpha value is -1.25. The van der Waals surface area contributed by atoms with E-state index in [1.54, 1.807) is 0 Å². The number of hydrogen-bond donors (Lipinski definition) is 2. The van der Waals surface area contributed by atoms with Crippen molar-refractivity contribution in [1.82, 2.24) is 4.31 Å². The third-order valence-corrected chi connectivity index (χ3v) is 5.14. The van der Waals surface area contributed by atoms with Gasteiger partial charge in [0, 0.05) is 18.7 Å². The van der Waals surface area contributed by atoms with Crippen LogP contribution in [-0.4, -0.2) is 37.0 Å². The van der Waals surface area contributed by atoms with Crippen molar-refractivity contribution < 1.29 is 22.3 Å². The Labute approximate surface area is 109 Å². The SMILES string of the molecule is Nc1cc(S(=O)(=O)N2CCC[C@@H]2CO)c(F)cc1F. The molecular weight excluding hydrogens is 278 g/mol. The molecule has 0 aliphatic carbocycles. The lowest BCUT2D eigenvalue weighted by Crippen LogP contribution is -2.38. The molecular formula is C11H14F2N2O3S. The highest BCUT2D eigenvalue weighted by molar-refractivity contribution is 7.89. The predicted octanol–water partition coefficient (Wildman–Crippen LogP) is 0.692. The van der Waals surface area contributed by atoms with Crippen LogP contribution in [0.25, 0.3) is 0 Å². The fraction of sp³-hybridized carbons (Fsp3) is 0.455. The van der Waals surface area contributed by atoms with Crippen LogP contribution < -0.4 is 5.73 Å². The van der Waals surface area contributed by atoms with Gasteiger partial charge in [0.2, 0.25) is 10.0 Å². The summed E-state index contributed by atoms with van der Waals surface area (Å²) in [7, 11) is -4.12. The van der Waals surface area contributed by atoms with E-state index in [0.29, 0.717) is 18.9 Å². The Morgan fingerprint density at radius 3 is 2.68 bits per heavy atom. The number of rotatable bonds is 3. The van der Waals surface area contributed by atoms with Gasteiger partial charge in [-0.05, 0) is 18.9 Å². The zero-order valence-electron chi connectivity index (χ0n) is 10.0. The first-order chi connectivity index (χ1) is 8.87. The fourth-order valence-corrected chi connectivity index (χ4v) is 3.94. The van der Waals surface area contributed by atoms with Gasteiger partial charge in [0.25, 0.3) is 0 Å². The first kappa shape index (κ1) is 14.2. The summed E-state index contributed by atoms with van der Waals surface area (Å²) in [5.74, 6) is -2.19. The average Bonchev–Trinajstić information content (AvgIpc) is 2.82. The van der Waals surface area contributed by atoms with Crippen molar-refractivity contribution in [3.63, 3.8) is 0 Å². The minimum atomic E-state index is -4.12. The van der Waals surface area contributed by atoms with Crippen LogP contribution in [0.2, 0.25) is 0 Å². The van der Waals surface area contributed by atoms with Crippen molar-refractivity contribution in [1.29, 1.82) is 0 Å². The van der Waals surface area contributed by atoms with E-state index in [1.807, 2.05) is 0 Å². The van der Waals surface area contributed by atoms with Gasteiger partial charge in [-0.25, -0.2) is 17.2 Å².